The fraction of sp³-hybridized carbons (Fsp3) is 0.375. The standard InChI is InChI=1S/C16H16F3N3O3/c1-25-11-4-2-10(3-5-11)22-13-12(14(20-22)16(17,18)19)6-7-21(8-9-23)15(13)24/h2-5,23H,6-9H2,1H3. The predicted octanol–water partition coefficient (Wildman–Crippen LogP) is 1.89. The van der Waals surface area contributed by atoms with Crippen LogP contribution in [-0.2, 0) is 12.6 Å². The largest absolute Gasteiger partial charge is 0.497 e. The van der Waals surface area contributed by atoms with Gasteiger partial charge in [-0.05, 0) is 30.7 Å². The highest BCUT2D eigenvalue weighted by molar-refractivity contribution is 5.96. The number of ether oxygens (including phenoxy) is 1. The molecule has 2 aromatic rings. The first-order chi connectivity index (χ1) is 11.9. The van der Waals surface area contributed by atoms with Gasteiger partial charge in [0.05, 0.1) is 19.4 Å². The third kappa shape index (κ3) is 3.07. The first-order valence-corrected chi connectivity index (χ1v) is 7.60. The summed E-state index contributed by atoms with van der Waals surface area (Å²) in [6, 6.07) is 6.22. The van der Waals surface area contributed by atoms with Gasteiger partial charge >= 0.3 is 6.18 Å². The van der Waals surface area contributed by atoms with Crippen LogP contribution in [0.4, 0.5) is 13.2 Å². The number of aliphatic hydroxyl groups excluding tert-OH is 1. The highest BCUT2D eigenvalue weighted by Crippen LogP contribution is 2.36. The molecule has 0 radical (unpaired) electrons. The summed E-state index contributed by atoms with van der Waals surface area (Å²) >= 11 is 0. The van der Waals surface area contributed by atoms with Gasteiger partial charge < -0.3 is 14.7 Å². The molecule has 25 heavy (non-hydrogen) atoms. The molecular weight excluding hydrogens is 339 g/mol. The Bertz CT molecular complexity index is 784. The van der Waals surface area contributed by atoms with Crippen molar-refractivity contribution < 1.29 is 27.8 Å². The van der Waals surface area contributed by atoms with Crippen molar-refractivity contribution in [1.82, 2.24) is 14.7 Å². The lowest BCUT2D eigenvalue weighted by Gasteiger charge is -2.27. The van der Waals surface area contributed by atoms with Crippen molar-refractivity contribution >= 4 is 5.91 Å². The minimum absolute atomic E-state index is 0.0338. The molecule has 1 aliphatic rings. The van der Waals surface area contributed by atoms with Crippen LogP contribution in [0.2, 0.25) is 0 Å². The lowest BCUT2D eigenvalue weighted by molar-refractivity contribution is -0.142. The van der Waals surface area contributed by atoms with Crippen LogP contribution >= 0.6 is 0 Å². The number of carbonyl (C=O) groups excluding carboxylic acids is 1. The van der Waals surface area contributed by atoms with Gasteiger partial charge in [0.15, 0.2) is 5.69 Å². The first kappa shape index (κ1) is 17.3. The number of aliphatic hydroxyl groups is 1. The molecule has 134 valence electrons. The van der Waals surface area contributed by atoms with E-state index in [1.165, 1.54) is 24.1 Å². The number of amides is 1. The number of halogens is 3. The molecule has 0 bridgehead atoms. The number of hydrogen-bond donors (Lipinski definition) is 1. The molecule has 0 spiro atoms. The van der Waals surface area contributed by atoms with Gasteiger partial charge in [-0.15, -0.1) is 0 Å². The third-order valence-electron chi connectivity index (χ3n) is 4.06. The Morgan fingerprint density at radius 1 is 1.28 bits per heavy atom. The first-order valence-electron chi connectivity index (χ1n) is 7.60. The van der Waals surface area contributed by atoms with E-state index in [4.69, 9.17) is 9.84 Å². The van der Waals surface area contributed by atoms with Gasteiger partial charge in [-0.25, -0.2) is 4.68 Å². The fourth-order valence-electron chi connectivity index (χ4n) is 2.88. The molecule has 1 aliphatic heterocycles. The minimum Gasteiger partial charge on any atom is -0.497 e. The maximum atomic E-state index is 13.3. The molecule has 0 aliphatic carbocycles. The fourth-order valence-corrected chi connectivity index (χ4v) is 2.88. The maximum Gasteiger partial charge on any atom is 0.435 e. The highest BCUT2D eigenvalue weighted by Gasteiger charge is 2.42. The van der Waals surface area contributed by atoms with Gasteiger partial charge in [0.25, 0.3) is 5.91 Å². The number of hydrogen-bond acceptors (Lipinski definition) is 4. The van der Waals surface area contributed by atoms with E-state index in [9.17, 15) is 18.0 Å². The highest BCUT2D eigenvalue weighted by atomic mass is 19.4. The molecule has 0 atom stereocenters. The maximum absolute atomic E-state index is 13.3. The van der Waals surface area contributed by atoms with E-state index in [1.807, 2.05) is 0 Å². The summed E-state index contributed by atoms with van der Waals surface area (Å²) in [4.78, 5) is 13.9. The molecule has 0 saturated carbocycles. The second-order valence-corrected chi connectivity index (χ2v) is 5.55. The van der Waals surface area contributed by atoms with Crippen molar-refractivity contribution in [3.63, 3.8) is 0 Å². The molecule has 1 N–H and O–H groups in total. The van der Waals surface area contributed by atoms with E-state index in [2.05, 4.69) is 5.10 Å². The average Bonchev–Trinajstić information content (AvgIpc) is 2.98. The predicted molar refractivity (Wildman–Crippen MR) is 81.8 cm³/mol. The van der Waals surface area contributed by atoms with E-state index < -0.39 is 17.8 Å². The second kappa shape index (κ2) is 6.40. The average molecular weight is 355 g/mol. The lowest BCUT2D eigenvalue weighted by atomic mass is 10.0. The molecule has 1 aromatic heterocycles. The molecule has 9 heteroatoms. The number of alkyl halides is 3. The molecule has 0 unspecified atom stereocenters. The summed E-state index contributed by atoms with van der Waals surface area (Å²) in [7, 11) is 1.48. The number of rotatable bonds is 4. The van der Waals surface area contributed by atoms with E-state index in [-0.39, 0.29) is 37.4 Å². The Kier molecular flexibility index (Phi) is 4.42. The summed E-state index contributed by atoms with van der Waals surface area (Å²) in [5, 5.41) is 12.7. The van der Waals surface area contributed by atoms with Crippen LogP contribution in [0.15, 0.2) is 24.3 Å². The number of aromatic nitrogens is 2. The number of benzene rings is 1. The molecule has 2 heterocycles. The number of methoxy groups -OCH3 is 1. The summed E-state index contributed by atoms with van der Waals surface area (Å²) in [6.07, 6.45) is -4.62. The van der Waals surface area contributed by atoms with Crippen molar-refractivity contribution in [2.75, 3.05) is 26.8 Å². The molecule has 3 rings (SSSR count). The third-order valence-corrected chi connectivity index (χ3v) is 4.06. The minimum atomic E-state index is -4.65. The Hall–Kier alpha value is -2.55. The van der Waals surface area contributed by atoms with Crippen LogP contribution < -0.4 is 4.74 Å². The van der Waals surface area contributed by atoms with E-state index in [1.54, 1.807) is 12.1 Å². The van der Waals surface area contributed by atoms with Crippen molar-refractivity contribution in [1.29, 1.82) is 0 Å². The van der Waals surface area contributed by atoms with E-state index in [0.717, 1.165) is 4.68 Å². The van der Waals surface area contributed by atoms with Crippen molar-refractivity contribution in [2.24, 2.45) is 0 Å². The van der Waals surface area contributed by atoms with Gasteiger partial charge in [0.2, 0.25) is 0 Å². The van der Waals surface area contributed by atoms with Gasteiger partial charge in [-0.1, -0.05) is 0 Å². The van der Waals surface area contributed by atoms with Gasteiger partial charge in [-0.2, -0.15) is 18.3 Å². The van der Waals surface area contributed by atoms with E-state index >= 15 is 0 Å². The molecular formula is C16H16F3N3O3. The van der Waals surface area contributed by atoms with Crippen molar-refractivity contribution in [3.05, 3.63) is 41.2 Å². The van der Waals surface area contributed by atoms with Gasteiger partial charge in [-0.3, -0.25) is 4.79 Å². The number of nitrogens with zero attached hydrogens (tertiary/aromatic N) is 3. The van der Waals surface area contributed by atoms with Crippen LogP contribution in [0.3, 0.4) is 0 Å². The van der Waals surface area contributed by atoms with Crippen LogP contribution in [0, 0.1) is 0 Å². The van der Waals surface area contributed by atoms with Crippen molar-refractivity contribution in [3.8, 4) is 11.4 Å². The molecule has 1 amide bonds. The zero-order chi connectivity index (χ0) is 18.2. The summed E-state index contributed by atoms with van der Waals surface area (Å²) in [5.41, 5.74) is -0.943. The number of β-amino-alcohol motifs (C(OH)–C–C–N with tert-alkyl or cyclic N) is 1. The zero-order valence-corrected chi connectivity index (χ0v) is 13.4. The number of carbonyl (C=O) groups is 1. The van der Waals surface area contributed by atoms with Crippen LogP contribution in [0.25, 0.3) is 5.69 Å². The Morgan fingerprint density at radius 2 is 1.96 bits per heavy atom. The van der Waals surface area contributed by atoms with Crippen LogP contribution in [0.5, 0.6) is 5.75 Å². The van der Waals surface area contributed by atoms with Crippen LogP contribution in [-0.4, -0.2) is 52.5 Å². The lowest BCUT2D eigenvalue weighted by Crippen LogP contribution is -2.40. The molecule has 0 saturated heterocycles. The topological polar surface area (TPSA) is 67.6 Å². The summed E-state index contributed by atoms with van der Waals surface area (Å²) in [5.74, 6) is -0.0387. The normalized spacial score (nSPS) is 14.6. The van der Waals surface area contributed by atoms with Crippen LogP contribution in [0.1, 0.15) is 21.7 Å². The quantitative estimate of drug-likeness (QED) is 0.910. The second-order valence-electron chi connectivity index (χ2n) is 5.55. The molecule has 0 fully saturated rings. The smallest absolute Gasteiger partial charge is 0.435 e. The van der Waals surface area contributed by atoms with Crippen molar-refractivity contribution in [2.45, 2.75) is 12.6 Å². The Morgan fingerprint density at radius 3 is 2.52 bits per heavy atom. The summed E-state index contributed by atoms with van der Waals surface area (Å²) in [6.45, 7) is -0.0823. The SMILES string of the molecule is COc1ccc(-n2nc(C(F)(F)F)c3c2C(=O)N(CCO)CC3)cc1. The van der Waals surface area contributed by atoms with Gasteiger partial charge in [0, 0.05) is 18.7 Å². The monoisotopic (exact) mass is 355 g/mol. The zero-order valence-electron chi connectivity index (χ0n) is 13.4. The summed E-state index contributed by atoms with van der Waals surface area (Å²) < 4.78 is 46.1. The Balaban J connectivity index is 2.15. The molecule has 1 aromatic carbocycles. The Labute approximate surface area is 141 Å². The van der Waals surface area contributed by atoms with E-state index in [0.29, 0.717) is 11.4 Å². The van der Waals surface area contributed by atoms with Gasteiger partial charge in [0.1, 0.15) is 11.4 Å². The molecule has 6 nitrogen and oxygen atoms in total. The number of fused-ring (bicyclic) bond motifs is 1.